The average molecular weight is 158 g/mol. The second kappa shape index (κ2) is 6.31. The molecule has 0 saturated heterocycles. The molecular weight excluding hydrogens is 140 g/mol. The minimum atomic E-state index is 0.233. The second-order valence-electron chi connectivity index (χ2n) is 2.93. The van der Waals surface area contributed by atoms with Crippen molar-refractivity contribution in [3.63, 3.8) is 0 Å². The van der Waals surface area contributed by atoms with Gasteiger partial charge >= 0.3 is 0 Å². The van der Waals surface area contributed by atoms with Crippen molar-refractivity contribution in [1.29, 1.82) is 0 Å². The number of hydrogen-bond acceptors (Lipinski definition) is 3. The van der Waals surface area contributed by atoms with Gasteiger partial charge in [-0.05, 0) is 38.8 Å². The van der Waals surface area contributed by atoms with Gasteiger partial charge in [-0.3, -0.25) is 0 Å². The van der Waals surface area contributed by atoms with Gasteiger partial charge < -0.3 is 16.3 Å². The van der Waals surface area contributed by atoms with Crippen molar-refractivity contribution >= 4 is 5.78 Å². The highest BCUT2D eigenvalue weighted by Crippen LogP contribution is 2.11. The predicted molar refractivity (Wildman–Crippen MR) is 46.1 cm³/mol. The molecule has 0 atom stereocenters. The van der Waals surface area contributed by atoms with Crippen LogP contribution in [0.3, 0.4) is 0 Å². The molecule has 0 bridgehead atoms. The van der Waals surface area contributed by atoms with Gasteiger partial charge in [-0.2, -0.15) is 0 Å². The number of hydrogen-bond donors (Lipinski definition) is 2. The molecule has 0 saturated carbocycles. The van der Waals surface area contributed by atoms with Crippen LogP contribution in [0.5, 0.6) is 0 Å². The van der Waals surface area contributed by atoms with E-state index in [4.69, 9.17) is 11.5 Å². The van der Waals surface area contributed by atoms with E-state index >= 15 is 0 Å². The fourth-order valence-corrected chi connectivity index (χ4v) is 1.23. The Labute approximate surface area is 68.1 Å². The van der Waals surface area contributed by atoms with E-state index in [1.54, 1.807) is 6.92 Å². The summed E-state index contributed by atoms with van der Waals surface area (Å²) in [5.41, 5.74) is 10.8. The summed E-state index contributed by atoms with van der Waals surface area (Å²) in [4.78, 5) is 10.7. The first-order valence-corrected chi connectivity index (χ1v) is 4.10. The molecule has 0 aliphatic carbocycles. The molecule has 0 rings (SSSR count). The maximum atomic E-state index is 10.7. The molecule has 0 radical (unpaired) electrons. The van der Waals surface area contributed by atoms with E-state index in [1.807, 2.05) is 0 Å². The van der Waals surface area contributed by atoms with Crippen LogP contribution in [-0.2, 0) is 4.79 Å². The van der Waals surface area contributed by atoms with Gasteiger partial charge in [-0.15, -0.1) is 0 Å². The molecule has 3 nitrogen and oxygen atoms in total. The summed E-state index contributed by atoms with van der Waals surface area (Å²) in [6.45, 7) is 2.91. The van der Waals surface area contributed by atoms with E-state index < -0.39 is 0 Å². The van der Waals surface area contributed by atoms with Crippen LogP contribution in [0.15, 0.2) is 0 Å². The number of carbonyl (C=O) groups excluding carboxylic acids is 1. The summed E-state index contributed by atoms with van der Waals surface area (Å²) >= 11 is 0. The molecule has 0 aromatic heterocycles. The number of rotatable bonds is 6. The van der Waals surface area contributed by atoms with Crippen molar-refractivity contribution in [3.05, 3.63) is 0 Å². The van der Waals surface area contributed by atoms with Crippen LogP contribution in [0.4, 0.5) is 0 Å². The Morgan fingerprint density at radius 1 is 1.27 bits per heavy atom. The minimum Gasteiger partial charge on any atom is -0.330 e. The monoisotopic (exact) mass is 158 g/mol. The van der Waals surface area contributed by atoms with Gasteiger partial charge in [0.05, 0.1) is 0 Å². The van der Waals surface area contributed by atoms with Crippen molar-refractivity contribution in [1.82, 2.24) is 0 Å². The molecule has 11 heavy (non-hydrogen) atoms. The fraction of sp³-hybridized carbons (Fsp3) is 0.875. The van der Waals surface area contributed by atoms with Gasteiger partial charge in [0.25, 0.3) is 0 Å². The SMILES string of the molecule is CC(=O)CC(CCN)CCN. The molecule has 0 heterocycles. The molecule has 0 aliphatic rings. The van der Waals surface area contributed by atoms with Gasteiger partial charge in [0.15, 0.2) is 0 Å². The molecule has 66 valence electrons. The van der Waals surface area contributed by atoms with Gasteiger partial charge in [-0.1, -0.05) is 0 Å². The summed E-state index contributed by atoms with van der Waals surface area (Å²) in [7, 11) is 0. The Morgan fingerprint density at radius 2 is 1.73 bits per heavy atom. The van der Waals surface area contributed by atoms with Crippen molar-refractivity contribution in [2.45, 2.75) is 26.2 Å². The normalized spacial score (nSPS) is 10.5. The number of Topliss-reactive ketones (excluding diaryl/α,β-unsaturated/α-hetero) is 1. The fourth-order valence-electron chi connectivity index (χ4n) is 1.23. The van der Waals surface area contributed by atoms with Crippen LogP contribution in [-0.4, -0.2) is 18.9 Å². The minimum absolute atomic E-state index is 0.233. The Morgan fingerprint density at radius 3 is 2.00 bits per heavy atom. The summed E-state index contributed by atoms with van der Waals surface area (Å²) < 4.78 is 0. The standard InChI is InChI=1S/C8H18N2O/c1-7(11)6-8(2-4-9)3-5-10/h8H,2-6,9-10H2,1H3. The third kappa shape index (κ3) is 6.01. The molecule has 0 aromatic rings. The zero-order valence-electron chi connectivity index (χ0n) is 7.18. The molecule has 0 aromatic carbocycles. The first kappa shape index (κ1) is 10.6. The van der Waals surface area contributed by atoms with Crippen molar-refractivity contribution in [3.8, 4) is 0 Å². The van der Waals surface area contributed by atoms with Gasteiger partial charge in [0, 0.05) is 6.42 Å². The highest BCUT2D eigenvalue weighted by Gasteiger charge is 2.08. The molecule has 4 N–H and O–H groups in total. The smallest absolute Gasteiger partial charge is 0.130 e. The van der Waals surface area contributed by atoms with Crippen LogP contribution in [0, 0.1) is 5.92 Å². The summed E-state index contributed by atoms with van der Waals surface area (Å²) in [5, 5.41) is 0. The van der Waals surface area contributed by atoms with E-state index in [0.717, 1.165) is 12.8 Å². The van der Waals surface area contributed by atoms with E-state index in [-0.39, 0.29) is 5.78 Å². The van der Waals surface area contributed by atoms with Gasteiger partial charge in [0.1, 0.15) is 5.78 Å². The van der Waals surface area contributed by atoms with Crippen LogP contribution < -0.4 is 11.5 Å². The molecule has 0 spiro atoms. The predicted octanol–water partition coefficient (Wildman–Crippen LogP) is 0.279. The molecular formula is C8H18N2O. The third-order valence-corrected chi connectivity index (χ3v) is 1.73. The van der Waals surface area contributed by atoms with Gasteiger partial charge in [0.2, 0.25) is 0 Å². The lowest BCUT2D eigenvalue weighted by molar-refractivity contribution is -0.117. The van der Waals surface area contributed by atoms with E-state index in [9.17, 15) is 4.79 Å². The maximum absolute atomic E-state index is 10.7. The summed E-state index contributed by atoms with van der Waals surface area (Å²) in [6.07, 6.45) is 2.46. The Balaban J connectivity index is 3.59. The lowest BCUT2D eigenvalue weighted by Crippen LogP contribution is -2.15. The van der Waals surface area contributed by atoms with Crippen LogP contribution in [0.1, 0.15) is 26.2 Å². The van der Waals surface area contributed by atoms with Crippen LogP contribution >= 0.6 is 0 Å². The number of nitrogens with two attached hydrogens (primary N) is 2. The Kier molecular flexibility index (Phi) is 6.07. The first-order chi connectivity index (χ1) is 5.20. The highest BCUT2D eigenvalue weighted by atomic mass is 16.1. The largest absolute Gasteiger partial charge is 0.330 e. The second-order valence-corrected chi connectivity index (χ2v) is 2.93. The van der Waals surface area contributed by atoms with E-state index in [0.29, 0.717) is 25.4 Å². The zero-order chi connectivity index (χ0) is 8.69. The van der Waals surface area contributed by atoms with Crippen LogP contribution in [0.25, 0.3) is 0 Å². The van der Waals surface area contributed by atoms with Crippen molar-refractivity contribution in [2.75, 3.05) is 13.1 Å². The Bertz CT molecular complexity index is 109. The van der Waals surface area contributed by atoms with E-state index in [2.05, 4.69) is 0 Å². The van der Waals surface area contributed by atoms with E-state index in [1.165, 1.54) is 0 Å². The van der Waals surface area contributed by atoms with Gasteiger partial charge in [-0.25, -0.2) is 0 Å². The maximum Gasteiger partial charge on any atom is 0.130 e. The first-order valence-electron chi connectivity index (χ1n) is 4.10. The quantitative estimate of drug-likeness (QED) is 0.583. The number of carbonyl (C=O) groups is 1. The number of ketones is 1. The highest BCUT2D eigenvalue weighted by molar-refractivity contribution is 5.75. The average Bonchev–Trinajstić information content (AvgIpc) is 1.87. The summed E-state index contributed by atoms with van der Waals surface area (Å²) in [5.74, 6) is 0.638. The molecule has 0 fully saturated rings. The molecule has 3 heteroatoms. The molecule has 0 unspecified atom stereocenters. The van der Waals surface area contributed by atoms with Crippen LogP contribution in [0.2, 0.25) is 0 Å². The molecule has 0 aliphatic heterocycles. The van der Waals surface area contributed by atoms with Crippen molar-refractivity contribution in [2.24, 2.45) is 17.4 Å². The Hall–Kier alpha value is -0.410. The topological polar surface area (TPSA) is 69.1 Å². The van der Waals surface area contributed by atoms with Crippen molar-refractivity contribution < 1.29 is 4.79 Å². The molecule has 0 amide bonds. The third-order valence-electron chi connectivity index (χ3n) is 1.73. The lowest BCUT2D eigenvalue weighted by atomic mass is 9.96. The zero-order valence-corrected chi connectivity index (χ0v) is 7.18. The lowest BCUT2D eigenvalue weighted by Gasteiger charge is -2.11. The summed E-state index contributed by atoms with van der Waals surface area (Å²) in [6, 6.07) is 0.